The minimum absolute atomic E-state index is 0.160. The van der Waals surface area contributed by atoms with Crippen LogP contribution in [0.2, 0.25) is 0 Å². The molecule has 1 aliphatic heterocycles. The van der Waals surface area contributed by atoms with Crippen LogP contribution in [-0.2, 0) is 34.2 Å². The van der Waals surface area contributed by atoms with Crippen molar-refractivity contribution in [2.24, 2.45) is 0 Å². The minimum Gasteiger partial charge on any atom is -0.369 e. The van der Waals surface area contributed by atoms with Gasteiger partial charge in [-0.2, -0.15) is 9.29 Å². The molecule has 2 aliphatic rings. The van der Waals surface area contributed by atoms with E-state index in [1.54, 1.807) is 17.3 Å². The lowest BCUT2D eigenvalue weighted by Crippen LogP contribution is -2.43. The topological polar surface area (TPSA) is 85.5 Å². The van der Waals surface area contributed by atoms with Crippen molar-refractivity contribution in [3.8, 4) is 0 Å². The van der Waals surface area contributed by atoms with Crippen LogP contribution in [0.4, 0.5) is 0 Å². The molecule has 26 heavy (non-hydrogen) atoms. The van der Waals surface area contributed by atoms with Crippen LogP contribution in [0.3, 0.4) is 0 Å². The van der Waals surface area contributed by atoms with E-state index in [2.05, 4.69) is 10.1 Å². The zero-order chi connectivity index (χ0) is 18.1. The van der Waals surface area contributed by atoms with Gasteiger partial charge in [-0.1, -0.05) is 11.2 Å². The predicted molar refractivity (Wildman–Crippen MR) is 94.1 cm³/mol. The van der Waals surface area contributed by atoms with Gasteiger partial charge >= 0.3 is 0 Å². The second kappa shape index (κ2) is 7.09. The van der Waals surface area contributed by atoms with Crippen LogP contribution < -0.4 is 0 Å². The van der Waals surface area contributed by atoms with Crippen LogP contribution >= 0.6 is 0 Å². The van der Waals surface area contributed by atoms with Gasteiger partial charge in [-0.25, -0.2) is 8.42 Å². The van der Waals surface area contributed by atoms with Gasteiger partial charge in [0.25, 0.3) is 0 Å². The summed E-state index contributed by atoms with van der Waals surface area (Å²) < 4.78 is 38.4. The fraction of sp³-hybridized carbons (Fsp3) is 0.556. The highest BCUT2D eigenvalue weighted by Gasteiger charge is 2.31. The number of nitrogens with zero attached hydrogens (tertiary/aromatic N) is 3. The summed E-state index contributed by atoms with van der Waals surface area (Å²) in [5, 5.41) is 3.81. The smallest absolute Gasteiger partial charge is 0.243 e. The first kappa shape index (κ1) is 17.6. The Morgan fingerprint density at radius 1 is 1.27 bits per heavy atom. The van der Waals surface area contributed by atoms with Crippen molar-refractivity contribution in [1.82, 2.24) is 14.4 Å². The van der Waals surface area contributed by atoms with Gasteiger partial charge in [-0.3, -0.25) is 0 Å². The zero-order valence-corrected chi connectivity index (χ0v) is 15.7. The molecule has 2 aromatic rings. The predicted octanol–water partition coefficient (Wildman–Crippen LogP) is 2.24. The Labute approximate surface area is 153 Å². The number of sulfonamides is 1. The van der Waals surface area contributed by atoms with Gasteiger partial charge in [-0.15, -0.1) is 0 Å². The summed E-state index contributed by atoms with van der Waals surface area (Å²) >= 11 is 0. The average Bonchev–Trinajstić information content (AvgIpc) is 3.28. The van der Waals surface area contributed by atoms with E-state index in [1.807, 2.05) is 12.1 Å². The van der Waals surface area contributed by atoms with Crippen molar-refractivity contribution < 1.29 is 17.7 Å². The summed E-state index contributed by atoms with van der Waals surface area (Å²) in [6.07, 6.45) is 4.56. The molecule has 1 atom stereocenters. The lowest BCUT2D eigenvalue weighted by atomic mass is 10.1. The number of aromatic nitrogens is 2. The fourth-order valence-corrected chi connectivity index (χ4v) is 5.27. The first-order valence-electron chi connectivity index (χ1n) is 9.05. The summed E-state index contributed by atoms with van der Waals surface area (Å²) in [6, 6.07) is 5.56. The lowest BCUT2D eigenvalue weighted by Gasteiger charge is -2.31. The number of rotatable bonds is 5. The number of fused-ring (bicyclic) bond motifs is 1. The average molecular weight is 377 g/mol. The van der Waals surface area contributed by atoms with Crippen LogP contribution in [0.1, 0.15) is 42.1 Å². The summed E-state index contributed by atoms with van der Waals surface area (Å²) in [5.41, 5.74) is 2.45. The van der Waals surface area contributed by atoms with Gasteiger partial charge < -0.3 is 9.26 Å². The Balaban J connectivity index is 1.44. The maximum atomic E-state index is 13.0. The second-order valence-corrected chi connectivity index (χ2v) is 8.89. The third-order valence-corrected chi connectivity index (χ3v) is 6.93. The number of hydrogen-bond acceptors (Lipinski definition) is 6. The molecule has 0 bridgehead atoms. The van der Waals surface area contributed by atoms with Crippen molar-refractivity contribution in [3.63, 3.8) is 0 Å². The highest BCUT2D eigenvalue weighted by molar-refractivity contribution is 7.89. The van der Waals surface area contributed by atoms with Crippen LogP contribution in [0.25, 0.3) is 0 Å². The molecule has 2 heterocycles. The SMILES string of the molecule is Cc1nc(COC2CCCN(S(=O)(=O)c3ccc4c(c3)CCC4)C2)no1. The highest BCUT2D eigenvalue weighted by atomic mass is 32.2. The molecular formula is C18H23N3O4S. The monoisotopic (exact) mass is 377 g/mol. The summed E-state index contributed by atoms with van der Waals surface area (Å²) in [7, 11) is -3.49. The Kier molecular flexibility index (Phi) is 4.81. The molecule has 0 spiro atoms. The Hall–Kier alpha value is -1.77. The molecule has 8 heteroatoms. The molecule has 1 unspecified atom stereocenters. The van der Waals surface area contributed by atoms with Crippen molar-refractivity contribution in [2.75, 3.05) is 13.1 Å². The third-order valence-electron chi connectivity index (χ3n) is 5.07. The molecule has 0 radical (unpaired) electrons. The van der Waals surface area contributed by atoms with E-state index in [-0.39, 0.29) is 12.7 Å². The number of aryl methyl sites for hydroxylation is 3. The molecule has 1 aromatic carbocycles. The lowest BCUT2D eigenvalue weighted by molar-refractivity contribution is 0.00438. The van der Waals surface area contributed by atoms with Crippen molar-refractivity contribution >= 4 is 10.0 Å². The molecule has 1 aliphatic carbocycles. The van der Waals surface area contributed by atoms with Gasteiger partial charge in [0.05, 0.1) is 11.0 Å². The largest absolute Gasteiger partial charge is 0.369 e. The standard InChI is InChI=1S/C18H23N3O4S/c1-13-19-18(20-25-13)12-24-16-6-3-9-21(11-16)26(22,23)17-8-7-14-4-2-5-15(14)10-17/h7-8,10,16H,2-6,9,11-12H2,1H3. The maximum Gasteiger partial charge on any atom is 0.243 e. The van der Waals surface area contributed by atoms with E-state index < -0.39 is 10.0 Å². The number of piperidine rings is 1. The van der Waals surface area contributed by atoms with E-state index >= 15 is 0 Å². The first-order chi connectivity index (χ1) is 12.5. The number of hydrogen-bond donors (Lipinski definition) is 0. The number of ether oxygens (including phenoxy) is 1. The minimum atomic E-state index is -3.49. The zero-order valence-electron chi connectivity index (χ0n) is 14.8. The summed E-state index contributed by atoms with van der Waals surface area (Å²) in [4.78, 5) is 4.50. The summed E-state index contributed by atoms with van der Waals surface area (Å²) in [5.74, 6) is 0.981. The van der Waals surface area contributed by atoms with Crippen LogP contribution in [0.5, 0.6) is 0 Å². The Bertz CT molecular complexity index is 894. The van der Waals surface area contributed by atoms with Gasteiger partial charge in [0, 0.05) is 20.0 Å². The van der Waals surface area contributed by atoms with E-state index in [1.165, 1.54) is 11.1 Å². The van der Waals surface area contributed by atoms with E-state index in [4.69, 9.17) is 9.26 Å². The molecule has 1 saturated heterocycles. The van der Waals surface area contributed by atoms with Gasteiger partial charge in [-0.05, 0) is 55.4 Å². The normalized spacial score (nSPS) is 21.0. The molecule has 1 aromatic heterocycles. The quantitative estimate of drug-likeness (QED) is 0.794. The van der Waals surface area contributed by atoms with Crippen molar-refractivity contribution in [2.45, 2.75) is 56.6 Å². The first-order valence-corrected chi connectivity index (χ1v) is 10.5. The molecule has 7 nitrogen and oxygen atoms in total. The fourth-order valence-electron chi connectivity index (χ4n) is 3.71. The number of benzene rings is 1. The van der Waals surface area contributed by atoms with Crippen molar-refractivity contribution in [1.29, 1.82) is 0 Å². The molecule has 0 saturated carbocycles. The van der Waals surface area contributed by atoms with E-state index in [0.29, 0.717) is 29.7 Å². The van der Waals surface area contributed by atoms with Gasteiger partial charge in [0.15, 0.2) is 5.82 Å². The molecule has 140 valence electrons. The van der Waals surface area contributed by atoms with Gasteiger partial charge in [0.1, 0.15) is 6.61 Å². The maximum absolute atomic E-state index is 13.0. The molecular weight excluding hydrogens is 354 g/mol. The van der Waals surface area contributed by atoms with Crippen LogP contribution in [0.15, 0.2) is 27.6 Å². The van der Waals surface area contributed by atoms with Crippen molar-refractivity contribution in [3.05, 3.63) is 41.0 Å². The molecule has 4 rings (SSSR count). The van der Waals surface area contributed by atoms with Crippen LogP contribution in [0, 0.1) is 6.92 Å². The molecule has 0 N–H and O–H groups in total. The summed E-state index contributed by atoms with van der Waals surface area (Å²) in [6.45, 7) is 2.84. The Morgan fingerprint density at radius 3 is 2.92 bits per heavy atom. The molecule has 1 fully saturated rings. The van der Waals surface area contributed by atoms with Crippen LogP contribution in [-0.4, -0.2) is 42.1 Å². The third kappa shape index (κ3) is 3.54. The van der Waals surface area contributed by atoms with Gasteiger partial charge in [0.2, 0.25) is 15.9 Å². The second-order valence-electron chi connectivity index (χ2n) is 6.95. The van der Waals surface area contributed by atoms with E-state index in [0.717, 1.165) is 32.1 Å². The Morgan fingerprint density at radius 2 is 2.12 bits per heavy atom. The van der Waals surface area contributed by atoms with E-state index in [9.17, 15) is 8.42 Å². The molecule has 0 amide bonds. The highest BCUT2D eigenvalue weighted by Crippen LogP contribution is 2.28.